The second-order valence-corrected chi connectivity index (χ2v) is 6.47. The van der Waals surface area contributed by atoms with Gasteiger partial charge < -0.3 is 19.7 Å². The van der Waals surface area contributed by atoms with Gasteiger partial charge in [-0.3, -0.25) is 4.79 Å². The summed E-state index contributed by atoms with van der Waals surface area (Å²) in [7, 11) is 0. The van der Waals surface area contributed by atoms with Crippen molar-refractivity contribution in [1.29, 1.82) is 0 Å². The second kappa shape index (κ2) is 7.01. The topological polar surface area (TPSA) is 50.8 Å². The van der Waals surface area contributed by atoms with Gasteiger partial charge in [0.25, 0.3) is 0 Å². The van der Waals surface area contributed by atoms with Crippen molar-refractivity contribution in [2.24, 2.45) is 0 Å². The predicted octanol–water partition coefficient (Wildman–Crippen LogP) is 3.14. The Hall–Kier alpha value is -1.51. The number of hydrogen-bond donors (Lipinski definition) is 1. The average molecular weight is 379 g/mol. The van der Waals surface area contributed by atoms with Crippen LogP contribution >= 0.6 is 11.6 Å². The highest BCUT2D eigenvalue weighted by Gasteiger charge is 2.40. The van der Waals surface area contributed by atoms with E-state index in [1.165, 1.54) is 12.1 Å². The molecule has 0 unspecified atom stereocenters. The van der Waals surface area contributed by atoms with Gasteiger partial charge in [0.1, 0.15) is 0 Å². The zero-order chi connectivity index (χ0) is 18.1. The van der Waals surface area contributed by atoms with Crippen molar-refractivity contribution in [3.8, 4) is 0 Å². The Labute approximate surface area is 148 Å². The molecule has 0 bridgehead atoms. The number of carbonyl (C=O) groups excluding carboxylic acids is 1. The fourth-order valence-electron chi connectivity index (χ4n) is 3.07. The molecule has 1 aromatic carbocycles. The fraction of sp³-hybridized carbons (Fsp3) is 0.562. The number of alkyl halides is 3. The molecule has 2 aliphatic heterocycles. The van der Waals surface area contributed by atoms with Gasteiger partial charge in [0, 0.05) is 36.6 Å². The third kappa shape index (κ3) is 4.19. The van der Waals surface area contributed by atoms with E-state index >= 15 is 0 Å². The lowest BCUT2D eigenvalue weighted by molar-refractivity contribution is -0.187. The molecule has 0 saturated carbocycles. The van der Waals surface area contributed by atoms with Gasteiger partial charge >= 0.3 is 6.18 Å². The van der Waals surface area contributed by atoms with Crippen LogP contribution in [0, 0.1) is 0 Å². The van der Waals surface area contributed by atoms with E-state index in [1.54, 1.807) is 4.90 Å². The van der Waals surface area contributed by atoms with E-state index < -0.39 is 17.5 Å². The molecule has 1 amide bonds. The van der Waals surface area contributed by atoms with Gasteiger partial charge in [-0.1, -0.05) is 11.6 Å². The smallest absolute Gasteiger partial charge is 0.376 e. The molecule has 2 saturated heterocycles. The second-order valence-electron chi connectivity index (χ2n) is 6.03. The van der Waals surface area contributed by atoms with Crippen molar-refractivity contribution in [3.63, 3.8) is 0 Å². The normalized spacial score (nSPS) is 20.1. The summed E-state index contributed by atoms with van der Waals surface area (Å²) in [6, 6.07) is 3.42. The van der Waals surface area contributed by atoms with Gasteiger partial charge in [0.2, 0.25) is 5.91 Å². The zero-order valence-corrected chi connectivity index (χ0v) is 14.1. The number of hydrogen-bond acceptors (Lipinski definition) is 4. The van der Waals surface area contributed by atoms with Gasteiger partial charge in [0.05, 0.1) is 25.3 Å². The van der Waals surface area contributed by atoms with Crippen molar-refractivity contribution >= 4 is 23.2 Å². The summed E-state index contributed by atoms with van der Waals surface area (Å²) in [5.41, 5.74) is -1.06. The van der Waals surface area contributed by atoms with Gasteiger partial charge in [-0.2, -0.15) is 13.2 Å². The van der Waals surface area contributed by atoms with Crippen molar-refractivity contribution in [3.05, 3.63) is 28.8 Å². The summed E-state index contributed by atoms with van der Waals surface area (Å²) >= 11 is 5.64. The minimum absolute atomic E-state index is 0.0120. The number of nitrogens with one attached hydrogen (secondary N) is 1. The number of rotatable bonds is 3. The molecule has 5 nitrogen and oxygen atoms in total. The maximum absolute atomic E-state index is 13.1. The number of anilines is 1. The molecule has 1 N–H and O–H groups in total. The number of carbonyl (C=O) groups is 1. The Bertz CT molecular complexity index is 638. The molecule has 9 heteroatoms. The molecule has 0 aliphatic carbocycles. The van der Waals surface area contributed by atoms with Crippen LogP contribution in [0.5, 0.6) is 0 Å². The van der Waals surface area contributed by atoms with Crippen LogP contribution in [0.4, 0.5) is 18.9 Å². The van der Waals surface area contributed by atoms with Gasteiger partial charge in [0.15, 0.2) is 5.79 Å². The lowest BCUT2D eigenvalue weighted by atomic mass is 10.0. The Kier molecular flexibility index (Phi) is 5.13. The van der Waals surface area contributed by atoms with Crippen molar-refractivity contribution in [2.45, 2.75) is 24.8 Å². The first kappa shape index (κ1) is 18.3. The van der Waals surface area contributed by atoms with Gasteiger partial charge in [-0.25, -0.2) is 0 Å². The number of ether oxygens (including phenoxy) is 2. The van der Waals surface area contributed by atoms with E-state index in [4.69, 9.17) is 21.1 Å². The molecule has 1 spiro atoms. The summed E-state index contributed by atoms with van der Waals surface area (Å²) in [5.74, 6) is -0.861. The molecular weight excluding hydrogens is 361 g/mol. The summed E-state index contributed by atoms with van der Waals surface area (Å²) in [6.07, 6.45) is -3.42. The lowest BCUT2D eigenvalue weighted by Gasteiger charge is -2.37. The van der Waals surface area contributed by atoms with E-state index in [-0.39, 0.29) is 23.2 Å². The minimum Gasteiger partial charge on any atom is -0.376 e. The van der Waals surface area contributed by atoms with Crippen molar-refractivity contribution in [1.82, 2.24) is 4.90 Å². The van der Waals surface area contributed by atoms with E-state index in [2.05, 4.69) is 5.32 Å². The van der Waals surface area contributed by atoms with Crippen LogP contribution in [0.3, 0.4) is 0 Å². The van der Waals surface area contributed by atoms with Crippen LogP contribution < -0.4 is 5.32 Å². The molecule has 1 aromatic rings. The summed E-state index contributed by atoms with van der Waals surface area (Å²) < 4.78 is 50.3. The SMILES string of the molecule is O=C(CNc1ccc(Cl)cc1C(F)(F)F)N1CCC2(CC1)OCCO2. The number of benzene rings is 1. The third-order valence-corrected chi connectivity index (χ3v) is 4.64. The highest BCUT2D eigenvalue weighted by Crippen LogP contribution is 2.36. The Morgan fingerprint density at radius 2 is 1.88 bits per heavy atom. The Balaban J connectivity index is 1.58. The standard InChI is InChI=1S/C16H18ClF3N2O3/c17-11-1-2-13(12(9-11)16(18,19)20)21-10-14(23)22-5-3-15(4-6-22)24-7-8-25-15/h1-2,9,21H,3-8,10H2. The molecule has 0 atom stereocenters. The Morgan fingerprint density at radius 1 is 1.24 bits per heavy atom. The van der Waals surface area contributed by atoms with E-state index in [9.17, 15) is 18.0 Å². The molecule has 0 aromatic heterocycles. The molecule has 25 heavy (non-hydrogen) atoms. The molecular formula is C16H18ClF3N2O3. The number of halogens is 4. The van der Waals surface area contributed by atoms with Crippen LogP contribution in [-0.4, -0.2) is 49.4 Å². The third-order valence-electron chi connectivity index (χ3n) is 4.41. The van der Waals surface area contributed by atoms with Gasteiger partial charge in [-0.05, 0) is 18.2 Å². The number of nitrogens with zero attached hydrogens (tertiary/aromatic N) is 1. The molecule has 138 valence electrons. The van der Waals surface area contributed by atoms with Crippen LogP contribution in [0.25, 0.3) is 0 Å². The van der Waals surface area contributed by atoms with Crippen LogP contribution in [-0.2, 0) is 20.4 Å². The first-order chi connectivity index (χ1) is 11.8. The summed E-state index contributed by atoms with van der Waals surface area (Å²) in [5, 5.41) is 2.56. The molecule has 0 radical (unpaired) electrons. The van der Waals surface area contributed by atoms with E-state index in [0.717, 1.165) is 6.07 Å². The number of likely N-dealkylation sites (tertiary alicyclic amines) is 1. The van der Waals surface area contributed by atoms with Crippen molar-refractivity contribution in [2.75, 3.05) is 38.2 Å². The van der Waals surface area contributed by atoms with Gasteiger partial charge in [-0.15, -0.1) is 0 Å². The van der Waals surface area contributed by atoms with Crippen LogP contribution in [0.2, 0.25) is 5.02 Å². The Morgan fingerprint density at radius 3 is 2.48 bits per heavy atom. The first-order valence-electron chi connectivity index (χ1n) is 7.95. The number of amides is 1. The fourth-order valence-corrected chi connectivity index (χ4v) is 3.24. The maximum Gasteiger partial charge on any atom is 0.418 e. The van der Waals surface area contributed by atoms with Crippen molar-refractivity contribution < 1.29 is 27.4 Å². The monoisotopic (exact) mass is 378 g/mol. The molecule has 2 aliphatic rings. The highest BCUT2D eigenvalue weighted by molar-refractivity contribution is 6.30. The average Bonchev–Trinajstić information content (AvgIpc) is 3.01. The molecule has 2 heterocycles. The van der Waals surface area contributed by atoms with E-state index in [0.29, 0.717) is 39.1 Å². The summed E-state index contributed by atoms with van der Waals surface area (Å²) in [6.45, 7) is 1.78. The first-order valence-corrected chi connectivity index (χ1v) is 8.33. The minimum atomic E-state index is -4.55. The lowest BCUT2D eigenvalue weighted by Crippen LogP contribution is -2.48. The van der Waals surface area contributed by atoms with Crippen LogP contribution in [0.15, 0.2) is 18.2 Å². The zero-order valence-electron chi connectivity index (χ0n) is 13.4. The largest absolute Gasteiger partial charge is 0.418 e. The molecule has 2 fully saturated rings. The molecule has 3 rings (SSSR count). The predicted molar refractivity (Wildman–Crippen MR) is 85.4 cm³/mol. The highest BCUT2D eigenvalue weighted by atomic mass is 35.5. The van der Waals surface area contributed by atoms with Crippen LogP contribution in [0.1, 0.15) is 18.4 Å². The van der Waals surface area contributed by atoms with E-state index in [1.807, 2.05) is 0 Å². The maximum atomic E-state index is 13.1. The summed E-state index contributed by atoms with van der Waals surface area (Å²) in [4.78, 5) is 13.9. The number of piperidine rings is 1. The quantitative estimate of drug-likeness (QED) is 0.878.